The minimum Gasteiger partial charge on any atom is -0.748 e. The molecule has 0 atom stereocenters. The third kappa shape index (κ3) is 8.42. The van der Waals surface area contributed by atoms with E-state index in [0.29, 0.717) is 19.4 Å². The predicted molar refractivity (Wildman–Crippen MR) is 217 cm³/mol. The molecule has 0 saturated heterocycles. The first kappa shape index (κ1) is 41.5. The van der Waals surface area contributed by atoms with Gasteiger partial charge in [-0.05, 0) is 78.4 Å². The Hall–Kier alpha value is -3.26. The van der Waals surface area contributed by atoms with Crippen LogP contribution in [0, 0.1) is 0 Å². The van der Waals surface area contributed by atoms with E-state index in [4.69, 9.17) is 0 Å². The van der Waals surface area contributed by atoms with E-state index in [0.717, 1.165) is 24.4 Å². The van der Waals surface area contributed by atoms with Crippen LogP contribution in [0.1, 0.15) is 85.3 Å². The maximum Gasteiger partial charge on any atom is 1.00 e. The van der Waals surface area contributed by atoms with Crippen molar-refractivity contribution in [2.24, 2.45) is 0 Å². The number of allylic oxidation sites excluding steroid dienone is 8. The molecule has 52 heavy (non-hydrogen) atoms. The fourth-order valence-corrected chi connectivity index (χ4v) is 8.66. The SMILES string of the molecule is C.CCCCC[N+]1=C(C=CC=CC=CC=C2N(CCCCS(=O)(=O)[O-])c3ccc4ccccc4c3C2(C)C)C(C)(C)c2c1ccc1ccccc21.[Na+]. The molecule has 4 aromatic carbocycles. The molecule has 0 aromatic heterocycles. The van der Waals surface area contributed by atoms with Crippen molar-refractivity contribution in [2.45, 2.75) is 85.0 Å². The van der Waals surface area contributed by atoms with E-state index in [2.05, 4.69) is 159 Å². The summed E-state index contributed by atoms with van der Waals surface area (Å²) < 4.78 is 36.3. The second-order valence-corrected chi connectivity index (χ2v) is 16.2. The zero-order chi connectivity index (χ0) is 35.5. The number of benzene rings is 4. The summed E-state index contributed by atoms with van der Waals surface area (Å²) in [7, 11) is -4.23. The molecule has 0 saturated carbocycles. The summed E-state index contributed by atoms with van der Waals surface area (Å²) in [6, 6.07) is 26.1. The van der Waals surface area contributed by atoms with Crippen LogP contribution in [0.4, 0.5) is 11.4 Å². The van der Waals surface area contributed by atoms with Gasteiger partial charge in [0.05, 0.1) is 15.5 Å². The first-order chi connectivity index (χ1) is 23.9. The molecule has 2 aliphatic heterocycles. The Morgan fingerprint density at radius 3 is 2.02 bits per heavy atom. The molecular weight excluding hydrogens is 672 g/mol. The first-order valence-electron chi connectivity index (χ1n) is 18.1. The second-order valence-electron chi connectivity index (χ2n) is 14.7. The number of nitrogens with zero attached hydrogens (tertiary/aromatic N) is 2. The molecule has 0 amide bonds. The minimum absolute atomic E-state index is 0. The summed E-state index contributed by atoms with van der Waals surface area (Å²) in [4.78, 5) is 2.31. The van der Waals surface area contributed by atoms with E-state index in [1.165, 1.54) is 56.9 Å². The quantitative estimate of drug-likeness (QED) is 0.0463. The maximum atomic E-state index is 11.3. The average Bonchev–Trinajstić information content (AvgIpc) is 3.44. The van der Waals surface area contributed by atoms with E-state index in [1.54, 1.807) is 0 Å². The molecule has 0 aliphatic carbocycles. The van der Waals surface area contributed by atoms with Gasteiger partial charge in [0.15, 0.2) is 5.71 Å². The van der Waals surface area contributed by atoms with Gasteiger partial charge in [-0.2, -0.15) is 4.58 Å². The number of hydrogen-bond acceptors (Lipinski definition) is 4. The average molecular weight is 726 g/mol. The zero-order valence-electron chi connectivity index (χ0n) is 31.2. The van der Waals surface area contributed by atoms with Crippen LogP contribution in [0.3, 0.4) is 0 Å². The van der Waals surface area contributed by atoms with Crippen molar-refractivity contribution in [1.82, 2.24) is 0 Å². The summed E-state index contributed by atoms with van der Waals surface area (Å²) in [5.41, 5.74) is 7.26. The van der Waals surface area contributed by atoms with Gasteiger partial charge in [-0.1, -0.05) is 120 Å². The summed E-state index contributed by atoms with van der Waals surface area (Å²) in [6.07, 6.45) is 19.5. The first-order valence-corrected chi connectivity index (χ1v) is 19.7. The number of unbranched alkanes of at least 4 members (excludes halogenated alkanes) is 3. The van der Waals surface area contributed by atoms with E-state index >= 15 is 0 Å². The summed E-state index contributed by atoms with van der Waals surface area (Å²) in [6.45, 7) is 13.1. The minimum atomic E-state index is -4.23. The zero-order valence-corrected chi connectivity index (χ0v) is 34.0. The van der Waals surface area contributed by atoms with Crippen LogP contribution in [0.15, 0.2) is 121 Å². The fraction of sp³-hybridized carbons (Fsp3) is 0.356. The normalized spacial score (nSPS) is 17.1. The van der Waals surface area contributed by atoms with Crippen LogP contribution in [-0.4, -0.2) is 42.1 Å². The molecule has 0 radical (unpaired) electrons. The van der Waals surface area contributed by atoms with Crippen LogP contribution in [0.25, 0.3) is 21.5 Å². The Kier molecular flexibility index (Phi) is 13.8. The summed E-state index contributed by atoms with van der Waals surface area (Å²) >= 11 is 0. The smallest absolute Gasteiger partial charge is 0.748 e. The van der Waals surface area contributed by atoms with Crippen molar-refractivity contribution in [3.63, 3.8) is 0 Å². The Bertz CT molecular complexity index is 2170. The molecule has 0 fully saturated rings. The number of fused-ring (bicyclic) bond motifs is 6. The molecule has 2 aliphatic rings. The third-order valence-electron chi connectivity index (χ3n) is 10.5. The van der Waals surface area contributed by atoms with Gasteiger partial charge in [0.2, 0.25) is 5.69 Å². The van der Waals surface area contributed by atoms with E-state index < -0.39 is 10.1 Å². The second kappa shape index (κ2) is 17.3. The molecule has 7 heteroatoms. The largest absolute Gasteiger partial charge is 1.00 e. The van der Waals surface area contributed by atoms with Crippen LogP contribution < -0.4 is 34.5 Å². The van der Waals surface area contributed by atoms with Gasteiger partial charge in [-0.3, -0.25) is 0 Å². The van der Waals surface area contributed by atoms with Gasteiger partial charge in [-0.25, -0.2) is 8.42 Å². The topological polar surface area (TPSA) is 63.5 Å². The summed E-state index contributed by atoms with van der Waals surface area (Å²) in [5.74, 6) is -0.332. The van der Waals surface area contributed by atoms with Crippen molar-refractivity contribution in [3.8, 4) is 0 Å². The van der Waals surface area contributed by atoms with Crippen LogP contribution in [0.2, 0.25) is 0 Å². The van der Waals surface area contributed by atoms with Crippen LogP contribution in [-0.2, 0) is 20.9 Å². The number of hydrogen-bond donors (Lipinski definition) is 0. The maximum absolute atomic E-state index is 11.3. The van der Waals surface area contributed by atoms with Crippen LogP contribution in [0.5, 0.6) is 0 Å². The molecule has 5 nitrogen and oxygen atoms in total. The van der Waals surface area contributed by atoms with Gasteiger partial charge in [-0.15, -0.1) is 0 Å². The van der Waals surface area contributed by atoms with Gasteiger partial charge in [0.1, 0.15) is 6.54 Å². The Morgan fingerprint density at radius 2 is 1.35 bits per heavy atom. The molecule has 6 rings (SSSR count). The molecule has 268 valence electrons. The number of rotatable bonds is 13. The van der Waals surface area contributed by atoms with E-state index in [9.17, 15) is 13.0 Å². The molecule has 0 spiro atoms. The van der Waals surface area contributed by atoms with Crippen molar-refractivity contribution in [3.05, 3.63) is 132 Å². The molecule has 4 aromatic rings. The van der Waals surface area contributed by atoms with Crippen LogP contribution >= 0.6 is 0 Å². The van der Waals surface area contributed by atoms with E-state index in [-0.39, 0.29) is 53.6 Å². The molecule has 0 bridgehead atoms. The summed E-state index contributed by atoms with van der Waals surface area (Å²) in [5, 5.41) is 5.05. The van der Waals surface area contributed by atoms with Crippen molar-refractivity contribution >= 4 is 48.7 Å². The molecule has 0 N–H and O–H groups in total. The Balaban J connectivity index is 0.00000302. The molecule has 2 heterocycles. The predicted octanol–water partition coefficient (Wildman–Crippen LogP) is 7.88. The third-order valence-corrected chi connectivity index (χ3v) is 11.3. The molecule has 0 unspecified atom stereocenters. The standard InChI is InChI=1S/C44H50N2O3S.CH4.Na/c1-6-7-17-30-45-37-28-26-33-20-13-15-22-35(33)41(37)43(2,3)39(45)24-11-9-8-10-12-25-40-44(4,5)42-36-23-16-14-21-34(36)27-29-38(42)46(40)31-18-19-32-50(47,48)49;;/h8-16,20-29H,6-7,17-19,30-32H2,1-5H3;1H4;/q;;+1. The Labute approximate surface area is 334 Å². The van der Waals surface area contributed by atoms with Crippen molar-refractivity contribution in [2.75, 3.05) is 23.7 Å². The van der Waals surface area contributed by atoms with E-state index in [1.807, 2.05) is 0 Å². The molecular formula is C45H54N2NaO3S+. The van der Waals surface area contributed by atoms with Gasteiger partial charge < -0.3 is 9.45 Å². The van der Waals surface area contributed by atoms with Gasteiger partial charge >= 0.3 is 29.6 Å². The fourth-order valence-electron chi connectivity index (χ4n) is 8.11. The van der Waals surface area contributed by atoms with Crippen molar-refractivity contribution < 1.29 is 47.1 Å². The number of anilines is 1. The van der Waals surface area contributed by atoms with Gasteiger partial charge in [0, 0.05) is 53.2 Å². The monoisotopic (exact) mass is 725 g/mol. The Morgan fingerprint density at radius 1 is 0.731 bits per heavy atom. The van der Waals surface area contributed by atoms with Crippen molar-refractivity contribution in [1.29, 1.82) is 0 Å². The van der Waals surface area contributed by atoms with Gasteiger partial charge in [0.25, 0.3) is 0 Å².